The predicted octanol–water partition coefficient (Wildman–Crippen LogP) is 7.98. The van der Waals surface area contributed by atoms with Gasteiger partial charge >= 0.3 is 0 Å². The maximum Gasteiger partial charge on any atom is 0.255 e. The van der Waals surface area contributed by atoms with Crippen molar-refractivity contribution in [2.45, 2.75) is 0 Å². The summed E-state index contributed by atoms with van der Waals surface area (Å²) in [7, 11) is 0. The number of benzene rings is 5. The molecule has 6 nitrogen and oxygen atoms in total. The van der Waals surface area contributed by atoms with Crippen molar-refractivity contribution >= 4 is 46.9 Å². The van der Waals surface area contributed by atoms with E-state index in [4.69, 9.17) is 0 Å². The fourth-order valence-corrected chi connectivity index (χ4v) is 4.39. The van der Waals surface area contributed by atoms with Gasteiger partial charge in [-0.3, -0.25) is 19.2 Å². The van der Waals surface area contributed by atoms with Crippen molar-refractivity contribution in [1.82, 2.24) is 0 Å². The summed E-state index contributed by atoms with van der Waals surface area (Å²) in [4.78, 5) is 50.7. The molecule has 0 saturated heterocycles. The quantitative estimate of drug-likeness (QED) is 0.130. The molecule has 6 heteroatoms. The Balaban J connectivity index is 1.21. The molecule has 2 N–H and O–H groups in total. The van der Waals surface area contributed by atoms with Crippen LogP contribution in [0.15, 0.2) is 146 Å². The van der Waals surface area contributed by atoms with Gasteiger partial charge < -0.3 is 10.6 Å². The van der Waals surface area contributed by atoms with Crippen molar-refractivity contribution in [2.24, 2.45) is 0 Å². The van der Waals surface area contributed by atoms with Crippen molar-refractivity contribution in [1.29, 1.82) is 0 Å². The van der Waals surface area contributed by atoms with Crippen LogP contribution in [-0.4, -0.2) is 23.4 Å². The molecule has 214 valence electrons. The van der Waals surface area contributed by atoms with Crippen LogP contribution in [0.3, 0.4) is 0 Å². The number of ketones is 2. The van der Waals surface area contributed by atoms with Crippen LogP contribution >= 0.6 is 0 Å². The van der Waals surface area contributed by atoms with E-state index in [9.17, 15) is 19.2 Å². The van der Waals surface area contributed by atoms with Crippen LogP contribution in [0.1, 0.15) is 52.6 Å². The Labute approximate surface area is 255 Å². The maximum atomic E-state index is 12.9. The van der Waals surface area contributed by atoms with Gasteiger partial charge in [0.15, 0.2) is 11.6 Å². The fourth-order valence-electron chi connectivity index (χ4n) is 4.39. The summed E-state index contributed by atoms with van der Waals surface area (Å²) in [5.41, 5.74) is 4.56. The second-order valence-electron chi connectivity index (χ2n) is 9.87. The molecular formula is C38H28N2O4. The number of hydrogen-bond donors (Lipinski definition) is 2. The highest BCUT2D eigenvalue weighted by Crippen LogP contribution is 2.17. The average molecular weight is 577 g/mol. The summed E-state index contributed by atoms with van der Waals surface area (Å²) in [6.07, 6.45) is 6.36. The Hall–Kier alpha value is -6.14. The Kier molecular flexibility index (Phi) is 9.45. The molecule has 0 bridgehead atoms. The molecule has 0 aliphatic carbocycles. The van der Waals surface area contributed by atoms with E-state index in [0.29, 0.717) is 33.6 Å². The van der Waals surface area contributed by atoms with E-state index in [2.05, 4.69) is 10.6 Å². The summed E-state index contributed by atoms with van der Waals surface area (Å²) in [6, 6.07) is 38.7. The van der Waals surface area contributed by atoms with E-state index in [1.54, 1.807) is 109 Å². The van der Waals surface area contributed by atoms with Crippen molar-refractivity contribution in [3.8, 4) is 0 Å². The molecule has 0 heterocycles. The van der Waals surface area contributed by atoms with E-state index in [1.807, 2.05) is 36.4 Å². The zero-order valence-electron chi connectivity index (χ0n) is 23.6. The minimum atomic E-state index is -0.253. The molecule has 0 fully saturated rings. The van der Waals surface area contributed by atoms with Crippen LogP contribution in [-0.2, 0) is 0 Å². The summed E-state index contributed by atoms with van der Waals surface area (Å²) in [6.45, 7) is 0. The number of carbonyl (C=O) groups is 4. The molecule has 5 aromatic rings. The van der Waals surface area contributed by atoms with Gasteiger partial charge in [0.25, 0.3) is 11.8 Å². The number of amides is 2. The maximum absolute atomic E-state index is 12.9. The molecule has 0 spiro atoms. The first-order chi connectivity index (χ1) is 21.4. The predicted molar refractivity (Wildman–Crippen MR) is 175 cm³/mol. The lowest BCUT2D eigenvalue weighted by atomic mass is 10.1. The first-order valence-corrected chi connectivity index (χ1v) is 13.9. The van der Waals surface area contributed by atoms with Crippen molar-refractivity contribution < 1.29 is 19.2 Å². The van der Waals surface area contributed by atoms with Crippen LogP contribution in [0, 0.1) is 0 Å². The molecule has 0 atom stereocenters. The molecule has 44 heavy (non-hydrogen) atoms. The minimum Gasteiger partial charge on any atom is -0.322 e. The minimum absolute atomic E-state index is 0.212. The molecule has 0 radical (unpaired) electrons. The largest absolute Gasteiger partial charge is 0.322 e. The summed E-state index contributed by atoms with van der Waals surface area (Å²) >= 11 is 0. The van der Waals surface area contributed by atoms with Gasteiger partial charge in [0, 0.05) is 33.6 Å². The normalized spacial score (nSPS) is 10.9. The first kappa shape index (κ1) is 29.4. The summed E-state index contributed by atoms with van der Waals surface area (Å²) in [5.74, 6) is -0.930. The Morgan fingerprint density at radius 2 is 0.795 bits per heavy atom. The molecule has 0 aliphatic rings. The molecule has 5 rings (SSSR count). The molecule has 0 aliphatic heterocycles. The van der Waals surface area contributed by atoms with Gasteiger partial charge in [-0.25, -0.2) is 0 Å². The third kappa shape index (κ3) is 7.99. The van der Waals surface area contributed by atoms with Gasteiger partial charge in [-0.2, -0.15) is 0 Å². The third-order valence-electron chi connectivity index (χ3n) is 6.65. The molecule has 2 amide bonds. The molecule has 0 aromatic heterocycles. The number of anilines is 2. The zero-order valence-corrected chi connectivity index (χ0v) is 23.6. The van der Waals surface area contributed by atoms with Crippen LogP contribution in [0.4, 0.5) is 11.4 Å². The SMILES string of the molecule is O=C(C=Cc1cccc(C=CC(=O)c2cccc(NC(=O)c3ccccc3)c2)c1)c1cccc(NC(=O)c2ccccc2)c1. The van der Waals surface area contributed by atoms with Crippen molar-refractivity contribution in [3.05, 3.63) is 179 Å². The lowest BCUT2D eigenvalue weighted by Gasteiger charge is -2.06. The number of nitrogens with one attached hydrogen (secondary N) is 2. The van der Waals surface area contributed by atoms with Crippen LogP contribution < -0.4 is 10.6 Å². The van der Waals surface area contributed by atoms with Crippen molar-refractivity contribution in [2.75, 3.05) is 10.6 Å². The van der Waals surface area contributed by atoms with E-state index >= 15 is 0 Å². The highest BCUT2D eigenvalue weighted by molar-refractivity contribution is 6.10. The smallest absolute Gasteiger partial charge is 0.255 e. The lowest BCUT2D eigenvalue weighted by molar-refractivity contribution is 0.101. The highest BCUT2D eigenvalue weighted by atomic mass is 16.2. The van der Waals surface area contributed by atoms with E-state index in [1.165, 1.54) is 12.2 Å². The second-order valence-corrected chi connectivity index (χ2v) is 9.87. The topological polar surface area (TPSA) is 92.3 Å². The average Bonchev–Trinajstić information content (AvgIpc) is 3.07. The van der Waals surface area contributed by atoms with Gasteiger partial charge in [-0.05, 0) is 77.9 Å². The Morgan fingerprint density at radius 1 is 0.409 bits per heavy atom. The summed E-state index contributed by atoms with van der Waals surface area (Å²) in [5, 5.41) is 5.64. The first-order valence-electron chi connectivity index (χ1n) is 13.9. The van der Waals surface area contributed by atoms with Crippen LogP contribution in [0.5, 0.6) is 0 Å². The van der Waals surface area contributed by atoms with Crippen molar-refractivity contribution in [3.63, 3.8) is 0 Å². The Bertz CT molecular complexity index is 1740. The monoisotopic (exact) mass is 576 g/mol. The third-order valence-corrected chi connectivity index (χ3v) is 6.65. The number of allylic oxidation sites excluding steroid dienone is 2. The van der Waals surface area contributed by atoms with Crippen LogP contribution in [0.25, 0.3) is 12.2 Å². The van der Waals surface area contributed by atoms with Gasteiger partial charge in [-0.15, -0.1) is 0 Å². The fraction of sp³-hybridized carbons (Fsp3) is 0. The standard InChI is InChI=1S/C38H28N2O4/c41-35(31-16-8-18-33(25-31)39-37(43)29-12-3-1-4-13-29)22-20-27-10-7-11-28(24-27)21-23-36(42)32-17-9-19-34(26-32)40-38(44)30-14-5-2-6-15-30/h1-26H,(H,39,43)(H,40,44). The molecular weight excluding hydrogens is 548 g/mol. The van der Waals surface area contributed by atoms with Crippen LogP contribution in [0.2, 0.25) is 0 Å². The van der Waals surface area contributed by atoms with E-state index in [0.717, 1.165) is 11.1 Å². The molecule has 0 saturated carbocycles. The van der Waals surface area contributed by atoms with Gasteiger partial charge in [0.05, 0.1) is 0 Å². The van der Waals surface area contributed by atoms with Gasteiger partial charge in [0.2, 0.25) is 0 Å². The lowest BCUT2D eigenvalue weighted by Crippen LogP contribution is -2.12. The highest BCUT2D eigenvalue weighted by Gasteiger charge is 2.09. The van der Waals surface area contributed by atoms with Gasteiger partial charge in [-0.1, -0.05) is 91.0 Å². The van der Waals surface area contributed by atoms with E-state index in [-0.39, 0.29) is 23.4 Å². The van der Waals surface area contributed by atoms with Gasteiger partial charge in [0.1, 0.15) is 0 Å². The summed E-state index contributed by atoms with van der Waals surface area (Å²) < 4.78 is 0. The number of hydrogen-bond acceptors (Lipinski definition) is 4. The van der Waals surface area contributed by atoms with E-state index < -0.39 is 0 Å². The Morgan fingerprint density at radius 3 is 1.23 bits per heavy atom. The number of carbonyl (C=O) groups excluding carboxylic acids is 4. The molecule has 0 unspecified atom stereocenters. The second kappa shape index (κ2) is 14.2. The number of rotatable bonds is 10. The molecule has 5 aromatic carbocycles. The zero-order chi connectivity index (χ0) is 30.7.